The lowest BCUT2D eigenvalue weighted by Crippen LogP contribution is -2.43. The van der Waals surface area contributed by atoms with Gasteiger partial charge in [0, 0.05) is 33.4 Å². The minimum atomic E-state index is -2.62. The molecule has 0 aromatic carbocycles. The van der Waals surface area contributed by atoms with Crippen molar-refractivity contribution in [1.82, 2.24) is 0 Å². The van der Waals surface area contributed by atoms with Gasteiger partial charge in [-0.05, 0) is 19.3 Å². The third-order valence-electron chi connectivity index (χ3n) is 3.78. The van der Waals surface area contributed by atoms with Gasteiger partial charge < -0.3 is 18.0 Å². The molecule has 0 saturated heterocycles. The monoisotopic (exact) mass is 332 g/mol. The van der Waals surface area contributed by atoms with Gasteiger partial charge in [-0.2, -0.15) is 0 Å². The minimum Gasteiger partial charge on any atom is -0.459 e. The van der Waals surface area contributed by atoms with Crippen LogP contribution in [0.25, 0.3) is 0 Å². The predicted octanol–water partition coefficient (Wildman–Crippen LogP) is 3.71. The molecule has 22 heavy (non-hydrogen) atoms. The number of unbranched alkanes of at least 4 members (excludes halogenated alkanes) is 4. The highest BCUT2D eigenvalue weighted by Crippen LogP contribution is 2.21. The lowest BCUT2D eigenvalue weighted by Gasteiger charge is -2.26. The van der Waals surface area contributed by atoms with Gasteiger partial charge in [-0.1, -0.05) is 39.2 Å². The molecule has 6 heteroatoms. The molecule has 0 heterocycles. The van der Waals surface area contributed by atoms with Crippen molar-refractivity contribution in [2.75, 3.05) is 21.3 Å². The first-order valence-electron chi connectivity index (χ1n) is 8.06. The van der Waals surface area contributed by atoms with Crippen LogP contribution in [0.5, 0.6) is 0 Å². The topological polar surface area (TPSA) is 54.0 Å². The molecule has 0 fully saturated rings. The molecule has 5 nitrogen and oxygen atoms in total. The van der Waals surface area contributed by atoms with Gasteiger partial charge >= 0.3 is 14.8 Å². The van der Waals surface area contributed by atoms with Gasteiger partial charge in [0.25, 0.3) is 0 Å². The Morgan fingerprint density at radius 3 is 2.14 bits per heavy atom. The number of carbonyl (C=O) groups excluding carboxylic acids is 1. The van der Waals surface area contributed by atoms with Gasteiger partial charge in [0.1, 0.15) is 6.10 Å². The van der Waals surface area contributed by atoms with Crippen molar-refractivity contribution >= 4 is 14.8 Å². The third kappa shape index (κ3) is 8.68. The molecule has 0 N–H and O–H groups in total. The van der Waals surface area contributed by atoms with E-state index in [4.69, 9.17) is 18.0 Å². The Morgan fingerprint density at radius 1 is 1.05 bits per heavy atom. The smallest absolute Gasteiger partial charge is 0.459 e. The van der Waals surface area contributed by atoms with Crippen molar-refractivity contribution in [3.63, 3.8) is 0 Å². The molecule has 1 atom stereocenters. The van der Waals surface area contributed by atoms with Crippen LogP contribution in [0.2, 0.25) is 6.04 Å². The zero-order valence-corrected chi connectivity index (χ0v) is 15.6. The largest absolute Gasteiger partial charge is 0.500 e. The number of carbonyl (C=O) groups is 1. The van der Waals surface area contributed by atoms with E-state index < -0.39 is 8.80 Å². The Hall–Kier alpha value is -0.693. The van der Waals surface area contributed by atoms with Crippen LogP contribution < -0.4 is 0 Å². The zero-order valence-electron chi connectivity index (χ0n) is 14.6. The van der Waals surface area contributed by atoms with Gasteiger partial charge in [0.15, 0.2) is 0 Å². The van der Waals surface area contributed by atoms with E-state index in [-0.39, 0.29) is 12.1 Å². The Bertz CT molecular complexity index is 297. The van der Waals surface area contributed by atoms with E-state index in [1.165, 1.54) is 25.3 Å². The second-order valence-electron chi connectivity index (χ2n) is 5.30. The second-order valence-corrected chi connectivity index (χ2v) is 8.39. The molecule has 0 amide bonds. The highest BCUT2D eigenvalue weighted by molar-refractivity contribution is 6.60. The summed E-state index contributed by atoms with van der Waals surface area (Å²) in [7, 11) is 2.16. The maximum Gasteiger partial charge on any atom is 0.500 e. The first-order chi connectivity index (χ1) is 10.6. The highest BCUT2D eigenvalue weighted by atomic mass is 28.4. The fourth-order valence-electron chi connectivity index (χ4n) is 2.34. The SMILES string of the molecule is C=CC(=O)OC(CCCCCCC)CC[Si](OC)(OC)OC. The molecule has 0 aliphatic carbocycles. The van der Waals surface area contributed by atoms with Crippen molar-refractivity contribution in [2.45, 2.75) is 64.0 Å². The summed E-state index contributed by atoms with van der Waals surface area (Å²) in [6.45, 7) is 5.65. The quantitative estimate of drug-likeness (QED) is 0.210. The molecular weight excluding hydrogens is 300 g/mol. The lowest BCUT2D eigenvalue weighted by atomic mass is 10.1. The number of hydrogen-bond donors (Lipinski definition) is 0. The maximum atomic E-state index is 11.5. The first-order valence-corrected chi connectivity index (χ1v) is 9.99. The van der Waals surface area contributed by atoms with Crippen LogP contribution in [0.3, 0.4) is 0 Å². The first kappa shape index (κ1) is 21.3. The van der Waals surface area contributed by atoms with E-state index >= 15 is 0 Å². The average molecular weight is 333 g/mol. The van der Waals surface area contributed by atoms with Crippen LogP contribution in [-0.4, -0.2) is 42.2 Å². The van der Waals surface area contributed by atoms with Gasteiger partial charge in [-0.25, -0.2) is 4.79 Å². The van der Waals surface area contributed by atoms with Gasteiger partial charge in [0.05, 0.1) is 0 Å². The summed E-state index contributed by atoms with van der Waals surface area (Å²) in [5.41, 5.74) is 0. The summed E-state index contributed by atoms with van der Waals surface area (Å²) < 4.78 is 21.7. The molecule has 0 aromatic heterocycles. The summed E-state index contributed by atoms with van der Waals surface area (Å²) >= 11 is 0. The molecule has 0 aliphatic rings. The molecular formula is C16H32O5Si. The summed E-state index contributed by atoms with van der Waals surface area (Å²) in [4.78, 5) is 11.5. The van der Waals surface area contributed by atoms with Crippen molar-refractivity contribution < 1.29 is 22.8 Å². The molecule has 0 aromatic rings. The molecule has 0 rings (SSSR count). The average Bonchev–Trinajstić information content (AvgIpc) is 2.55. The summed E-state index contributed by atoms with van der Waals surface area (Å²) in [5.74, 6) is -0.377. The maximum absolute atomic E-state index is 11.5. The molecule has 0 spiro atoms. The molecule has 0 saturated carbocycles. The third-order valence-corrected chi connectivity index (χ3v) is 6.55. The van der Waals surface area contributed by atoms with E-state index in [1.807, 2.05) is 0 Å². The van der Waals surface area contributed by atoms with E-state index in [2.05, 4.69) is 13.5 Å². The van der Waals surface area contributed by atoms with Crippen molar-refractivity contribution in [3.8, 4) is 0 Å². The summed E-state index contributed by atoms with van der Waals surface area (Å²) in [6, 6.07) is 0.626. The molecule has 0 radical (unpaired) electrons. The van der Waals surface area contributed by atoms with Gasteiger partial charge in [-0.15, -0.1) is 0 Å². The van der Waals surface area contributed by atoms with Crippen LogP contribution in [0.15, 0.2) is 12.7 Å². The lowest BCUT2D eigenvalue weighted by molar-refractivity contribution is -0.143. The van der Waals surface area contributed by atoms with E-state index in [0.29, 0.717) is 12.5 Å². The van der Waals surface area contributed by atoms with Crippen LogP contribution in [0.4, 0.5) is 0 Å². The molecule has 0 bridgehead atoms. The Labute approximate surface area is 136 Å². The number of rotatable bonds is 14. The molecule has 0 aliphatic heterocycles. The second kappa shape index (κ2) is 12.8. The van der Waals surface area contributed by atoms with Crippen molar-refractivity contribution in [3.05, 3.63) is 12.7 Å². The number of ether oxygens (including phenoxy) is 1. The number of esters is 1. The highest BCUT2D eigenvalue weighted by Gasteiger charge is 2.38. The predicted molar refractivity (Wildman–Crippen MR) is 89.7 cm³/mol. The van der Waals surface area contributed by atoms with Crippen molar-refractivity contribution in [2.24, 2.45) is 0 Å². The molecule has 130 valence electrons. The van der Waals surface area contributed by atoms with E-state index in [9.17, 15) is 4.79 Å². The fourth-order valence-corrected chi connectivity index (χ4v) is 4.13. The van der Waals surface area contributed by atoms with Gasteiger partial charge in [-0.3, -0.25) is 0 Å². The standard InChI is InChI=1S/C16H32O5Si/c1-6-8-9-10-11-12-15(21-16(17)7-2)13-14-22(18-3,19-4)20-5/h7,15H,2,6,8-14H2,1,3-5H3. The van der Waals surface area contributed by atoms with E-state index in [1.54, 1.807) is 21.3 Å². The summed E-state index contributed by atoms with van der Waals surface area (Å²) in [6.07, 6.45) is 8.51. The van der Waals surface area contributed by atoms with Crippen LogP contribution >= 0.6 is 0 Å². The van der Waals surface area contributed by atoms with E-state index in [0.717, 1.165) is 19.3 Å². The minimum absolute atomic E-state index is 0.139. The zero-order chi connectivity index (χ0) is 16.8. The Balaban J connectivity index is 4.39. The fraction of sp³-hybridized carbons (Fsp3) is 0.812. The Morgan fingerprint density at radius 2 is 1.64 bits per heavy atom. The van der Waals surface area contributed by atoms with Crippen LogP contribution in [0.1, 0.15) is 51.9 Å². The number of hydrogen-bond acceptors (Lipinski definition) is 5. The normalized spacial score (nSPS) is 12.9. The van der Waals surface area contributed by atoms with Gasteiger partial charge in [0.2, 0.25) is 0 Å². The van der Waals surface area contributed by atoms with Crippen molar-refractivity contribution in [1.29, 1.82) is 0 Å². The summed E-state index contributed by atoms with van der Waals surface area (Å²) in [5, 5.41) is 0. The Kier molecular flexibility index (Phi) is 12.4. The van der Waals surface area contributed by atoms with Crippen LogP contribution in [-0.2, 0) is 22.8 Å². The van der Waals surface area contributed by atoms with Crippen LogP contribution in [0, 0.1) is 0 Å². The molecule has 1 unspecified atom stereocenters.